The summed E-state index contributed by atoms with van der Waals surface area (Å²) >= 11 is 0. The van der Waals surface area contributed by atoms with Crippen molar-refractivity contribution in [3.8, 4) is 0 Å². The lowest BCUT2D eigenvalue weighted by atomic mass is 9.70. The van der Waals surface area contributed by atoms with Crippen LogP contribution in [-0.2, 0) is 0 Å². The van der Waals surface area contributed by atoms with Crippen LogP contribution in [0.5, 0.6) is 0 Å². The van der Waals surface area contributed by atoms with E-state index in [0.717, 1.165) is 23.7 Å². The van der Waals surface area contributed by atoms with E-state index >= 15 is 0 Å². The van der Waals surface area contributed by atoms with Crippen LogP contribution in [0.2, 0.25) is 0 Å². The van der Waals surface area contributed by atoms with Gasteiger partial charge in [-0.15, -0.1) is 0 Å². The Bertz CT molecular complexity index is 126. The van der Waals surface area contributed by atoms with Gasteiger partial charge in [-0.25, -0.2) is 0 Å². The molecule has 0 nitrogen and oxygen atoms in total. The average Bonchev–Trinajstić information content (AvgIpc) is 2.04. The molecular formula is C12H24. The first-order chi connectivity index (χ1) is 5.63. The zero-order valence-corrected chi connectivity index (χ0v) is 9.14. The van der Waals surface area contributed by atoms with E-state index in [0.29, 0.717) is 0 Å². The first kappa shape index (κ1) is 10.1. The summed E-state index contributed by atoms with van der Waals surface area (Å²) in [5, 5.41) is 0. The third kappa shape index (κ3) is 2.24. The number of hydrogen-bond donors (Lipinski definition) is 0. The van der Waals surface area contributed by atoms with Crippen LogP contribution in [0.3, 0.4) is 0 Å². The van der Waals surface area contributed by atoms with Gasteiger partial charge in [0.1, 0.15) is 0 Å². The van der Waals surface area contributed by atoms with Crippen molar-refractivity contribution in [2.45, 2.75) is 53.4 Å². The van der Waals surface area contributed by atoms with Gasteiger partial charge in [-0.1, -0.05) is 47.0 Å². The standard InChI is InChI=1S/C12H24/c1-9(2)11(4)12-8-6-5-7-10(12)3/h9-12H,5-8H2,1-4H3. The Kier molecular flexibility index (Phi) is 3.61. The summed E-state index contributed by atoms with van der Waals surface area (Å²) in [5.41, 5.74) is 0. The molecule has 0 amide bonds. The molecule has 0 aromatic heterocycles. The minimum atomic E-state index is 0.871. The van der Waals surface area contributed by atoms with E-state index in [4.69, 9.17) is 0 Å². The summed E-state index contributed by atoms with van der Waals surface area (Å²) < 4.78 is 0. The van der Waals surface area contributed by atoms with E-state index in [1.54, 1.807) is 0 Å². The molecule has 12 heavy (non-hydrogen) atoms. The smallest absolute Gasteiger partial charge is 0.0360 e. The van der Waals surface area contributed by atoms with E-state index in [1.807, 2.05) is 0 Å². The van der Waals surface area contributed by atoms with Gasteiger partial charge in [-0.05, 0) is 30.1 Å². The van der Waals surface area contributed by atoms with Crippen molar-refractivity contribution in [1.82, 2.24) is 0 Å². The molecule has 0 N–H and O–H groups in total. The van der Waals surface area contributed by atoms with Crippen molar-refractivity contribution in [1.29, 1.82) is 0 Å². The van der Waals surface area contributed by atoms with Gasteiger partial charge < -0.3 is 0 Å². The number of rotatable bonds is 2. The van der Waals surface area contributed by atoms with Crippen LogP contribution >= 0.6 is 0 Å². The molecule has 3 unspecified atom stereocenters. The topological polar surface area (TPSA) is 0 Å². The summed E-state index contributed by atoms with van der Waals surface area (Å²) in [4.78, 5) is 0. The second kappa shape index (κ2) is 4.30. The lowest BCUT2D eigenvalue weighted by Crippen LogP contribution is -2.26. The van der Waals surface area contributed by atoms with Gasteiger partial charge >= 0.3 is 0 Å². The first-order valence-corrected chi connectivity index (χ1v) is 5.63. The largest absolute Gasteiger partial charge is 0.0625 e. The highest BCUT2D eigenvalue weighted by Gasteiger charge is 2.27. The molecule has 1 aliphatic carbocycles. The zero-order chi connectivity index (χ0) is 9.14. The third-order valence-electron chi connectivity index (χ3n) is 3.90. The maximum Gasteiger partial charge on any atom is -0.0360 e. The van der Waals surface area contributed by atoms with Gasteiger partial charge in [-0.3, -0.25) is 0 Å². The molecular weight excluding hydrogens is 144 g/mol. The molecule has 0 aromatic carbocycles. The quantitative estimate of drug-likeness (QED) is 0.582. The Hall–Kier alpha value is 0. The average molecular weight is 168 g/mol. The molecule has 0 aromatic rings. The van der Waals surface area contributed by atoms with Gasteiger partial charge in [-0.2, -0.15) is 0 Å². The maximum atomic E-state index is 2.45. The minimum absolute atomic E-state index is 0.871. The lowest BCUT2D eigenvalue weighted by Gasteiger charge is -2.35. The molecule has 1 fully saturated rings. The van der Waals surface area contributed by atoms with Gasteiger partial charge in [0.2, 0.25) is 0 Å². The van der Waals surface area contributed by atoms with Crippen molar-refractivity contribution in [3.63, 3.8) is 0 Å². The minimum Gasteiger partial charge on any atom is -0.0625 e. The molecule has 0 radical (unpaired) electrons. The molecule has 72 valence electrons. The van der Waals surface area contributed by atoms with Crippen LogP contribution in [0.1, 0.15) is 53.4 Å². The van der Waals surface area contributed by atoms with Crippen LogP contribution in [0.4, 0.5) is 0 Å². The molecule has 0 spiro atoms. The summed E-state index contributed by atoms with van der Waals surface area (Å²) in [7, 11) is 0. The maximum absolute atomic E-state index is 2.45. The molecule has 0 aliphatic heterocycles. The van der Waals surface area contributed by atoms with E-state index in [2.05, 4.69) is 27.7 Å². The monoisotopic (exact) mass is 168 g/mol. The van der Waals surface area contributed by atoms with Gasteiger partial charge in [0, 0.05) is 0 Å². The lowest BCUT2D eigenvalue weighted by molar-refractivity contribution is 0.150. The SMILES string of the molecule is CC(C)C(C)C1CCCCC1C. The van der Waals surface area contributed by atoms with Crippen LogP contribution in [0, 0.1) is 23.7 Å². The molecule has 1 rings (SSSR count). The van der Waals surface area contributed by atoms with E-state index < -0.39 is 0 Å². The Morgan fingerprint density at radius 2 is 1.58 bits per heavy atom. The fourth-order valence-electron chi connectivity index (χ4n) is 2.62. The summed E-state index contributed by atoms with van der Waals surface area (Å²) in [6, 6.07) is 0. The van der Waals surface area contributed by atoms with Crippen LogP contribution in [0.25, 0.3) is 0 Å². The van der Waals surface area contributed by atoms with Crippen molar-refractivity contribution < 1.29 is 0 Å². The molecule has 1 aliphatic rings. The highest BCUT2D eigenvalue weighted by molar-refractivity contribution is 4.77. The molecule has 0 heterocycles. The Labute approximate surface area is 77.7 Å². The zero-order valence-electron chi connectivity index (χ0n) is 9.14. The molecule has 1 saturated carbocycles. The second-order valence-corrected chi connectivity index (χ2v) is 5.03. The highest BCUT2D eigenvalue weighted by atomic mass is 14.3. The van der Waals surface area contributed by atoms with E-state index in [1.165, 1.54) is 25.7 Å². The Balaban J connectivity index is 2.47. The van der Waals surface area contributed by atoms with Crippen LogP contribution in [0.15, 0.2) is 0 Å². The predicted octanol–water partition coefficient (Wildman–Crippen LogP) is 4.10. The normalized spacial score (nSPS) is 33.8. The number of hydrogen-bond acceptors (Lipinski definition) is 0. The Morgan fingerprint density at radius 3 is 2.08 bits per heavy atom. The van der Waals surface area contributed by atoms with Crippen LogP contribution in [-0.4, -0.2) is 0 Å². The summed E-state index contributed by atoms with van der Waals surface area (Å²) in [6.45, 7) is 9.62. The summed E-state index contributed by atoms with van der Waals surface area (Å²) in [6.07, 6.45) is 5.91. The highest BCUT2D eigenvalue weighted by Crippen LogP contribution is 2.37. The second-order valence-electron chi connectivity index (χ2n) is 5.03. The molecule has 3 atom stereocenters. The first-order valence-electron chi connectivity index (χ1n) is 5.63. The summed E-state index contributed by atoms with van der Waals surface area (Å²) in [5.74, 6) is 3.80. The van der Waals surface area contributed by atoms with Crippen LogP contribution < -0.4 is 0 Å². The predicted molar refractivity (Wildman–Crippen MR) is 55.1 cm³/mol. The Morgan fingerprint density at radius 1 is 1.00 bits per heavy atom. The van der Waals surface area contributed by atoms with Gasteiger partial charge in [0.15, 0.2) is 0 Å². The van der Waals surface area contributed by atoms with Gasteiger partial charge in [0.25, 0.3) is 0 Å². The third-order valence-corrected chi connectivity index (χ3v) is 3.90. The molecule has 0 heteroatoms. The van der Waals surface area contributed by atoms with Crippen molar-refractivity contribution in [2.24, 2.45) is 23.7 Å². The van der Waals surface area contributed by atoms with Gasteiger partial charge in [0.05, 0.1) is 0 Å². The molecule has 0 saturated heterocycles. The van der Waals surface area contributed by atoms with Crippen molar-refractivity contribution in [2.75, 3.05) is 0 Å². The van der Waals surface area contributed by atoms with E-state index in [-0.39, 0.29) is 0 Å². The fourth-order valence-corrected chi connectivity index (χ4v) is 2.62. The molecule has 0 bridgehead atoms. The van der Waals surface area contributed by atoms with Crippen molar-refractivity contribution in [3.05, 3.63) is 0 Å². The fraction of sp³-hybridized carbons (Fsp3) is 1.00. The van der Waals surface area contributed by atoms with Crippen molar-refractivity contribution >= 4 is 0 Å². The van der Waals surface area contributed by atoms with E-state index in [9.17, 15) is 0 Å².